The van der Waals surface area contributed by atoms with E-state index in [2.05, 4.69) is 41.6 Å². The van der Waals surface area contributed by atoms with Gasteiger partial charge in [-0.25, -0.2) is 0 Å². The summed E-state index contributed by atoms with van der Waals surface area (Å²) in [6, 6.07) is 1.98. The molecule has 0 radical (unpaired) electrons. The molecule has 110 valence electrons. The normalized spacial score (nSPS) is 11.3. The van der Waals surface area contributed by atoms with Crippen LogP contribution in [0, 0.1) is 0 Å². The Balaban J connectivity index is 0.00000324. The SMILES string of the molecule is CCCCNC(=NC)NCc1cc(C(C)C)no1.I. The van der Waals surface area contributed by atoms with Gasteiger partial charge < -0.3 is 15.2 Å². The number of hydrogen-bond donors (Lipinski definition) is 2. The smallest absolute Gasteiger partial charge is 0.191 e. The predicted molar refractivity (Wildman–Crippen MR) is 89.1 cm³/mol. The highest BCUT2D eigenvalue weighted by atomic mass is 127. The minimum atomic E-state index is 0. The van der Waals surface area contributed by atoms with Gasteiger partial charge in [0.15, 0.2) is 11.7 Å². The number of unbranched alkanes of at least 4 members (excludes halogenated alkanes) is 1. The maximum absolute atomic E-state index is 5.25. The molecule has 0 aromatic carbocycles. The number of nitrogens with one attached hydrogen (secondary N) is 2. The maximum atomic E-state index is 5.25. The second-order valence-electron chi connectivity index (χ2n) is 4.58. The van der Waals surface area contributed by atoms with Crippen LogP contribution in [0.1, 0.15) is 51.0 Å². The second-order valence-corrected chi connectivity index (χ2v) is 4.58. The van der Waals surface area contributed by atoms with Crippen LogP contribution in [0.5, 0.6) is 0 Å². The fourth-order valence-corrected chi connectivity index (χ4v) is 1.46. The highest BCUT2D eigenvalue weighted by Gasteiger charge is 2.07. The molecule has 0 atom stereocenters. The Labute approximate surface area is 132 Å². The van der Waals surface area contributed by atoms with Crippen LogP contribution in [0.4, 0.5) is 0 Å². The Morgan fingerprint density at radius 2 is 2.16 bits per heavy atom. The summed E-state index contributed by atoms with van der Waals surface area (Å²) in [5, 5.41) is 10.5. The first kappa shape index (κ1) is 18.2. The molecule has 1 rings (SSSR count). The first-order valence-corrected chi connectivity index (χ1v) is 6.57. The molecule has 1 aromatic rings. The topological polar surface area (TPSA) is 62.5 Å². The lowest BCUT2D eigenvalue weighted by Gasteiger charge is -2.09. The predicted octanol–water partition coefficient (Wildman–Crippen LogP) is 2.88. The summed E-state index contributed by atoms with van der Waals surface area (Å²) < 4.78 is 5.25. The van der Waals surface area contributed by atoms with E-state index in [1.54, 1.807) is 7.05 Å². The van der Waals surface area contributed by atoms with Gasteiger partial charge in [0.05, 0.1) is 12.2 Å². The van der Waals surface area contributed by atoms with Crippen molar-refractivity contribution in [2.45, 2.75) is 46.1 Å². The molecule has 19 heavy (non-hydrogen) atoms. The molecule has 0 saturated heterocycles. The molecule has 0 unspecified atom stereocenters. The molecular formula is C13H25IN4O. The maximum Gasteiger partial charge on any atom is 0.191 e. The third-order valence-corrected chi connectivity index (χ3v) is 2.65. The number of guanidine groups is 1. The van der Waals surface area contributed by atoms with Crippen molar-refractivity contribution in [1.29, 1.82) is 0 Å². The van der Waals surface area contributed by atoms with Gasteiger partial charge in [0.2, 0.25) is 0 Å². The Morgan fingerprint density at radius 3 is 2.68 bits per heavy atom. The van der Waals surface area contributed by atoms with E-state index in [0.29, 0.717) is 12.5 Å². The third-order valence-electron chi connectivity index (χ3n) is 2.65. The molecule has 0 aliphatic heterocycles. The van der Waals surface area contributed by atoms with Crippen molar-refractivity contribution < 1.29 is 4.52 Å². The van der Waals surface area contributed by atoms with Crippen LogP contribution in [-0.4, -0.2) is 24.7 Å². The van der Waals surface area contributed by atoms with Gasteiger partial charge in [-0.15, -0.1) is 24.0 Å². The van der Waals surface area contributed by atoms with Crippen LogP contribution in [0.25, 0.3) is 0 Å². The van der Waals surface area contributed by atoms with Crippen LogP contribution in [0.2, 0.25) is 0 Å². The number of rotatable bonds is 6. The average molecular weight is 380 g/mol. The summed E-state index contributed by atoms with van der Waals surface area (Å²) in [6.07, 6.45) is 2.31. The Kier molecular flexibility index (Phi) is 9.63. The summed E-state index contributed by atoms with van der Waals surface area (Å²) in [6.45, 7) is 7.90. The van der Waals surface area contributed by atoms with E-state index < -0.39 is 0 Å². The van der Waals surface area contributed by atoms with E-state index in [-0.39, 0.29) is 24.0 Å². The van der Waals surface area contributed by atoms with Gasteiger partial charge in [-0.05, 0) is 12.3 Å². The molecular weight excluding hydrogens is 355 g/mol. The lowest BCUT2D eigenvalue weighted by molar-refractivity contribution is 0.372. The van der Waals surface area contributed by atoms with E-state index in [4.69, 9.17) is 4.52 Å². The fraction of sp³-hybridized carbons (Fsp3) is 0.692. The Morgan fingerprint density at radius 1 is 1.42 bits per heavy atom. The average Bonchev–Trinajstić information content (AvgIpc) is 2.82. The van der Waals surface area contributed by atoms with Crippen LogP contribution in [-0.2, 0) is 6.54 Å². The molecule has 5 nitrogen and oxygen atoms in total. The highest BCUT2D eigenvalue weighted by molar-refractivity contribution is 14.0. The van der Waals surface area contributed by atoms with E-state index in [9.17, 15) is 0 Å². The third kappa shape index (κ3) is 6.79. The van der Waals surface area contributed by atoms with Gasteiger partial charge in [0.25, 0.3) is 0 Å². The quantitative estimate of drug-likeness (QED) is 0.345. The van der Waals surface area contributed by atoms with E-state index in [0.717, 1.165) is 30.4 Å². The zero-order chi connectivity index (χ0) is 13.4. The zero-order valence-corrected chi connectivity index (χ0v) is 14.5. The van der Waals surface area contributed by atoms with Crippen LogP contribution in [0.3, 0.4) is 0 Å². The number of halogens is 1. The first-order valence-electron chi connectivity index (χ1n) is 6.57. The lowest BCUT2D eigenvalue weighted by Crippen LogP contribution is -2.37. The molecule has 0 bridgehead atoms. The summed E-state index contributed by atoms with van der Waals surface area (Å²) in [5.74, 6) is 2.02. The molecule has 0 spiro atoms. The van der Waals surface area contributed by atoms with Crippen LogP contribution in [0.15, 0.2) is 15.6 Å². The minimum Gasteiger partial charge on any atom is -0.359 e. The summed E-state index contributed by atoms with van der Waals surface area (Å²) in [5.41, 5.74) is 0.987. The van der Waals surface area contributed by atoms with Gasteiger partial charge in [-0.2, -0.15) is 0 Å². The molecule has 1 aromatic heterocycles. The molecule has 1 heterocycles. The van der Waals surface area contributed by atoms with E-state index >= 15 is 0 Å². The molecule has 6 heteroatoms. The van der Waals surface area contributed by atoms with Gasteiger partial charge in [-0.1, -0.05) is 32.3 Å². The Bertz CT molecular complexity index is 376. The molecule has 0 fully saturated rings. The highest BCUT2D eigenvalue weighted by Crippen LogP contribution is 2.13. The summed E-state index contributed by atoms with van der Waals surface area (Å²) >= 11 is 0. The number of nitrogens with zero attached hydrogens (tertiary/aromatic N) is 2. The molecule has 0 saturated carbocycles. The van der Waals surface area contributed by atoms with Crippen molar-refractivity contribution in [3.63, 3.8) is 0 Å². The van der Waals surface area contributed by atoms with Gasteiger partial charge in [-0.3, -0.25) is 4.99 Å². The molecule has 0 amide bonds. The van der Waals surface area contributed by atoms with Crippen molar-refractivity contribution in [1.82, 2.24) is 15.8 Å². The second kappa shape index (κ2) is 10.1. The minimum absolute atomic E-state index is 0. The van der Waals surface area contributed by atoms with Crippen molar-refractivity contribution in [2.24, 2.45) is 4.99 Å². The van der Waals surface area contributed by atoms with Gasteiger partial charge in [0, 0.05) is 19.7 Å². The van der Waals surface area contributed by atoms with Crippen molar-refractivity contribution in [3.05, 3.63) is 17.5 Å². The molecule has 0 aliphatic rings. The number of aliphatic imine (C=N–C) groups is 1. The largest absolute Gasteiger partial charge is 0.359 e. The van der Waals surface area contributed by atoms with Crippen LogP contribution >= 0.6 is 24.0 Å². The number of aromatic nitrogens is 1. The standard InChI is InChI=1S/C13H24N4O.HI/c1-5-6-7-15-13(14-4)16-9-11-8-12(10(2)3)17-18-11;/h8,10H,5-7,9H2,1-4H3,(H2,14,15,16);1H. The summed E-state index contributed by atoms with van der Waals surface area (Å²) in [4.78, 5) is 4.15. The first-order chi connectivity index (χ1) is 8.67. The van der Waals surface area contributed by atoms with Crippen molar-refractivity contribution in [3.8, 4) is 0 Å². The van der Waals surface area contributed by atoms with Crippen LogP contribution < -0.4 is 10.6 Å². The van der Waals surface area contributed by atoms with Gasteiger partial charge >= 0.3 is 0 Å². The fourth-order valence-electron chi connectivity index (χ4n) is 1.46. The van der Waals surface area contributed by atoms with Crippen molar-refractivity contribution in [2.75, 3.05) is 13.6 Å². The van der Waals surface area contributed by atoms with E-state index in [1.165, 1.54) is 6.42 Å². The molecule has 2 N–H and O–H groups in total. The Hall–Kier alpha value is -0.790. The van der Waals surface area contributed by atoms with Crippen molar-refractivity contribution >= 4 is 29.9 Å². The molecule has 0 aliphatic carbocycles. The number of hydrogen-bond acceptors (Lipinski definition) is 3. The lowest BCUT2D eigenvalue weighted by atomic mass is 10.1. The van der Waals surface area contributed by atoms with E-state index in [1.807, 2.05) is 6.07 Å². The zero-order valence-electron chi connectivity index (χ0n) is 12.2. The van der Waals surface area contributed by atoms with Gasteiger partial charge in [0.1, 0.15) is 0 Å². The summed E-state index contributed by atoms with van der Waals surface area (Å²) in [7, 11) is 1.77. The monoisotopic (exact) mass is 380 g/mol.